The van der Waals surface area contributed by atoms with Crippen LogP contribution in [0.3, 0.4) is 0 Å². The number of nitrogens with zero attached hydrogens (tertiary/aromatic N) is 3. The second kappa shape index (κ2) is 8.40. The summed E-state index contributed by atoms with van der Waals surface area (Å²) in [7, 11) is 0. The average molecular weight is 412 g/mol. The van der Waals surface area contributed by atoms with Gasteiger partial charge in [-0.3, -0.25) is 0 Å². The normalized spacial score (nSPS) is 26.2. The van der Waals surface area contributed by atoms with Crippen molar-refractivity contribution in [2.75, 3.05) is 19.8 Å². The van der Waals surface area contributed by atoms with Gasteiger partial charge in [-0.05, 0) is 24.3 Å². The van der Waals surface area contributed by atoms with Gasteiger partial charge in [-0.15, -0.1) is 0 Å². The first-order chi connectivity index (χ1) is 14.4. The fourth-order valence-electron chi connectivity index (χ4n) is 3.98. The Labute approximate surface area is 179 Å². The van der Waals surface area contributed by atoms with Gasteiger partial charge in [0.2, 0.25) is 0 Å². The number of hydrogen-bond acceptors (Lipinski definition) is 6. The minimum absolute atomic E-state index is 0.0233. The standard InChI is InChI=1S/C24H33N3O3/c1-15(2)18-12-29-22(26-18)24(5,23-27-19(13-30-23)16(3)4)11-21-25-20(14-28-21)17-9-7-6-8-10-17/h6-10,15-16,18-20H,11-14H2,1-5H3/t18-,19-,20-/m1/s1. The summed E-state index contributed by atoms with van der Waals surface area (Å²) in [6.07, 6.45) is 0.531. The van der Waals surface area contributed by atoms with E-state index in [2.05, 4.69) is 46.8 Å². The van der Waals surface area contributed by atoms with Gasteiger partial charge < -0.3 is 14.2 Å². The molecule has 0 unspecified atom stereocenters. The van der Waals surface area contributed by atoms with Crippen molar-refractivity contribution < 1.29 is 14.2 Å². The van der Waals surface area contributed by atoms with E-state index in [-0.39, 0.29) is 18.1 Å². The number of aliphatic imine (C=N–C) groups is 3. The minimum atomic E-state index is -0.613. The van der Waals surface area contributed by atoms with Gasteiger partial charge >= 0.3 is 0 Å². The molecule has 3 atom stereocenters. The van der Waals surface area contributed by atoms with Crippen molar-refractivity contribution in [2.45, 2.75) is 59.2 Å². The van der Waals surface area contributed by atoms with Crippen LogP contribution in [0, 0.1) is 17.3 Å². The Balaban J connectivity index is 1.62. The highest BCUT2D eigenvalue weighted by molar-refractivity contribution is 6.08. The molecular weight excluding hydrogens is 378 g/mol. The molecule has 0 N–H and O–H groups in total. The second-order valence-electron chi connectivity index (χ2n) is 9.38. The topological polar surface area (TPSA) is 64.8 Å². The Bertz CT molecular complexity index is 811. The lowest BCUT2D eigenvalue weighted by molar-refractivity contribution is 0.240. The molecule has 0 aromatic heterocycles. The van der Waals surface area contributed by atoms with Gasteiger partial charge in [0, 0.05) is 6.42 Å². The number of ether oxygens (including phenoxy) is 3. The first-order valence-electron chi connectivity index (χ1n) is 11.0. The average Bonchev–Trinajstić information content (AvgIpc) is 3.48. The molecule has 30 heavy (non-hydrogen) atoms. The summed E-state index contributed by atoms with van der Waals surface area (Å²) in [6, 6.07) is 10.6. The van der Waals surface area contributed by atoms with Gasteiger partial charge in [-0.1, -0.05) is 58.0 Å². The summed E-state index contributed by atoms with van der Waals surface area (Å²) >= 11 is 0. The Kier molecular flexibility index (Phi) is 5.85. The molecule has 0 fully saturated rings. The lowest BCUT2D eigenvalue weighted by Crippen LogP contribution is -2.39. The largest absolute Gasteiger partial charge is 0.478 e. The summed E-state index contributed by atoms with van der Waals surface area (Å²) in [6.45, 7) is 12.5. The van der Waals surface area contributed by atoms with Gasteiger partial charge in [0.15, 0.2) is 17.7 Å². The molecule has 0 amide bonds. The van der Waals surface area contributed by atoms with Crippen molar-refractivity contribution >= 4 is 17.7 Å². The molecule has 3 heterocycles. The van der Waals surface area contributed by atoms with Crippen molar-refractivity contribution in [2.24, 2.45) is 32.2 Å². The van der Waals surface area contributed by atoms with Crippen LogP contribution in [0.15, 0.2) is 45.3 Å². The zero-order chi connectivity index (χ0) is 21.3. The van der Waals surface area contributed by atoms with E-state index in [0.29, 0.717) is 55.8 Å². The summed E-state index contributed by atoms with van der Waals surface area (Å²) < 4.78 is 18.2. The maximum atomic E-state index is 6.10. The van der Waals surface area contributed by atoms with Crippen LogP contribution in [0.5, 0.6) is 0 Å². The smallest absolute Gasteiger partial charge is 0.199 e. The van der Waals surface area contributed by atoms with Gasteiger partial charge in [0.25, 0.3) is 0 Å². The lowest BCUT2D eigenvalue weighted by atomic mass is 9.85. The molecule has 0 aliphatic carbocycles. The molecule has 3 aliphatic heterocycles. The summed E-state index contributed by atoms with van der Waals surface area (Å²) in [5, 5.41) is 0. The molecule has 0 saturated heterocycles. The van der Waals surface area contributed by atoms with E-state index in [1.807, 2.05) is 18.2 Å². The van der Waals surface area contributed by atoms with Crippen LogP contribution in [-0.4, -0.2) is 49.6 Å². The number of rotatable bonds is 7. The third kappa shape index (κ3) is 4.09. The van der Waals surface area contributed by atoms with Gasteiger partial charge in [0.05, 0.1) is 12.1 Å². The van der Waals surface area contributed by atoms with E-state index >= 15 is 0 Å². The van der Waals surface area contributed by atoms with Gasteiger partial charge in [0.1, 0.15) is 31.3 Å². The molecule has 0 spiro atoms. The second-order valence-corrected chi connectivity index (χ2v) is 9.38. The highest BCUT2D eigenvalue weighted by Gasteiger charge is 2.47. The fraction of sp³-hybridized carbons (Fsp3) is 0.625. The van der Waals surface area contributed by atoms with Crippen LogP contribution in [-0.2, 0) is 14.2 Å². The van der Waals surface area contributed by atoms with Crippen molar-refractivity contribution in [3.8, 4) is 0 Å². The Morgan fingerprint density at radius 3 is 1.90 bits per heavy atom. The lowest BCUT2D eigenvalue weighted by Gasteiger charge is -2.27. The summed E-state index contributed by atoms with van der Waals surface area (Å²) in [4.78, 5) is 14.7. The van der Waals surface area contributed by atoms with Crippen LogP contribution in [0.1, 0.15) is 52.6 Å². The highest BCUT2D eigenvalue weighted by Crippen LogP contribution is 2.37. The van der Waals surface area contributed by atoms with E-state index in [9.17, 15) is 0 Å². The molecule has 0 bridgehead atoms. The molecule has 3 aliphatic rings. The molecule has 4 rings (SSSR count). The zero-order valence-electron chi connectivity index (χ0n) is 18.7. The monoisotopic (exact) mass is 411 g/mol. The number of benzene rings is 1. The summed E-state index contributed by atoms with van der Waals surface area (Å²) in [5.41, 5.74) is 0.551. The van der Waals surface area contributed by atoms with Crippen molar-refractivity contribution in [3.63, 3.8) is 0 Å². The number of hydrogen-bond donors (Lipinski definition) is 0. The summed E-state index contributed by atoms with van der Waals surface area (Å²) in [5.74, 6) is 2.94. The van der Waals surface area contributed by atoms with Crippen LogP contribution in [0.2, 0.25) is 0 Å². The van der Waals surface area contributed by atoms with Crippen LogP contribution in [0.4, 0.5) is 0 Å². The molecule has 1 aromatic carbocycles. The quantitative estimate of drug-likeness (QED) is 0.665. The van der Waals surface area contributed by atoms with Crippen LogP contribution >= 0.6 is 0 Å². The predicted octanol–water partition coefficient (Wildman–Crippen LogP) is 4.46. The zero-order valence-corrected chi connectivity index (χ0v) is 18.7. The van der Waals surface area contributed by atoms with E-state index in [1.165, 1.54) is 0 Å². The Hall–Kier alpha value is -2.37. The van der Waals surface area contributed by atoms with Crippen LogP contribution in [0.25, 0.3) is 0 Å². The first kappa shape index (κ1) is 20.9. The maximum absolute atomic E-state index is 6.10. The molecule has 162 valence electrons. The Morgan fingerprint density at radius 1 is 0.833 bits per heavy atom. The molecule has 6 heteroatoms. The maximum Gasteiger partial charge on any atom is 0.199 e. The van der Waals surface area contributed by atoms with E-state index in [4.69, 9.17) is 29.2 Å². The predicted molar refractivity (Wildman–Crippen MR) is 119 cm³/mol. The Morgan fingerprint density at radius 2 is 1.40 bits per heavy atom. The fourth-order valence-corrected chi connectivity index (χ4v) is 3.98. The SMILES string of the molecule is CC(C)[C@H]1COC(C(C)(CC2=N[C@@H](c3ccccc3)CO2)C2=N[C@@H](C(C)C)CO2)=N1. The molecule has 0 radical (unpaired) electrons. The van der Waals surface area contributed by atoms with E-state index in [1.54, 1.807) is 0 Å². The highest BCUT2D eigenvalue weighted by atomic mass is 16.5. The van der Waals surface area contributed by atoms with Gasteiger partial charge in [-0.25, -0.2) is 15.0 Å². The van der Waals surface area contributed by atoms with Crippen LogP contribution < -0.4 is 0 Å². The molecule has 0 saturated carbocycles. The molecular formula is C24H33N3O3. The molecule has 1 aromatic rings. The first-order valence-corrected chi connectivity index (χ1v) is 11.0. The third-order valence-electron chi connectivity index (χ3n) is 6.23. The van der Waals surface area contributed by atoms with Gasteiger partial charge in [-0.2, -0.15) is 0 Å². The van der Waals surface area contributed by atoms with E-state index < -0.39 is 5.41 Å². The van der Waals surface area contributed by atoms with Crippen molar-refractivity contribution in [3.05, 3.63) is 35.9 Å². The molecule has 6 nitrogen and oxygen atoms in total. The van der Waals surface area contributed by atoms with E-state index in [0.717, 1.165) is 5.56 Å². The van der Waals surface area contributed by atoms with Crippen molar-refractivity contribution in [1.29, 1.82) is 0 Å². The van der Waals surface area contributed by atoms with Crippen molar-refractivity contribution in [1.82, 2.24) is 0 Å². The third-order valence-corrected chi connectivity index (χ3v) is 6.23. The minimum Gasteiger partial charge on any atom is -0.478 e.